The Morgan fingerprint density at radius 2 is 2.27 bits per heavy atom. The van der Waals surface area contributed by atoms with Gasteiger partial charge in [0.15, 0.2) is 0 Å². The fourth-order valence-electron chi connectivity index (χ4n) is 2.18. The van der Waals surface area contributed by atoms with Gasteiger partial charge in [0.2, 0.25) is 5.88 Å². The third-order valence-electron chi connectivity index (χ3n) is 3.31. The van der Waals surface area contributed by atoms with Crippen molar-refractivity contribution in [1.82, 2.24) is 4.98 Å². The van der Waals surface area contributed by atoms with Crippen LogP contribution in [0.15, 0.2) is 12.3 Å². The minimum atomic E-state index is 0.332. The lowest BCUT2D eigenvalue weighted by Gasteiger charge is -2.15. The highest BCUT2D eigenvalue weighted by Gasteiger charge is 2.43. The van der Waals surface area contributed by atoms with E-state index >= 15 is 0 Å². The molecule has 1 aromatic heterocycles. The third kappa shape index (κ3) is 1.84. The van der Waals surface area contributed by atoms with Crippen LogP contribution in [0.2, 0.25) is 0 Å². The Hall–Kier alpha value is -1.09. The number of hydrogen-bond donors (Lipinski definition) is 1. The zero-order valence-electron chi connectivity index (χ0n) is 9.42. The van der Waals surface area contributed by atoms with Gasteiger partial charge < -0.3 is 10.5 Å². The predicted molar refractivity (Wildman–Crippen MR) is 60.1 cm³/mol. The number of ether oxygens (including phenoxy) is 1. The fourth-order valence-corrected chi connectivity index (χ4v) is 2.18. The quantitative estimate of drug-likeness (QED) is 0.817. The van der Waals surface area contributed by atoms with Crippen LogP contribution in [0.5, 0.6) is 5.88 Å². The number of methoxy groups -OCH3 is 1. The summed E-state index contributed by atoms with van der Waals surface area (Å²) in [5.74, 6) is 0.724. The van der Waals surface area contributed by atoms with Gasteiger partial charge in [0.25, 0.3) is 0 Å². The molecular weight excluding hydrogens is 188 g/mol. The van der Waals surface area contributed by atoms with Gasteiger partial charge in [-0.05, 0) is 49.8 Å². The Morgan fingerprint density at radius 3 is 2.73 bits per heavy atom. The molecule has 0 saturated heterocycles. The monoisotopic (exact) mass is 206 g/mol. The highest BCUT2D eigenvalue weighted by Crippen LogP contribution is 2.50. The first-order valence-electron chi connectivity index (χ1n) is 5.43. The molecule has 2 rings (SSSR count). The van der Waals surface area contributed by atoms with E-state index in [-0.39, 0.29) is 0 Å². The minimum Gasteiger partial charge on any atom is -0.481 e. The Balaban J connectivity index is 2.26. The first-order chi connectivity index (χ1) is 7.22. The van der Waals surface area contributed by atoms with Gasteiger partial charge in [0.1, 0.15) is 0 Å². The smallest absolute Gasteiger partial charge is 0.215 e. The van der Waals surface area contributed by atoms with Crippen LogP contribution in [0.4, 0.5) is 0 Å². The van der Waals surface area contributed by atoms with E-state index in [0.29, 0.717) is 5.41 Å². The Kier molecular flexibility index (Phi) is 2.65. The van der Waals surface area contributed by atoms with E-state index in [0.717, 1.165) is 24.4 Å². The normalized spacial score (nSPS) is 17.5. The van der Waals surface area contributed by atoms with Gasteiger partial charge in [-0.3, -0.25) is 0 Å². The van der Waals surface area contributed by atoms with Gasteiger partial charge in [-0.1, -0.05) is 0 Å². The van der Waals surface area contributed by atoms with E-state index in [2.05, 4.69) is 11.1 Å². The summed E-state index contributed by atoms with van der Waals surface area (Å²) in [5.41, 5.74) is 8.41. The molecule has 1 saturated carbocycles. The molecule has 15 heavy (non-hydrogen) atoms. The average molecular weight is 206 g/mol. The van der Waals surface area contributed by atoms with Crippen molar-refractivity contribution in [2.24, 2.45) is 5.73 Å². The molecule has 0 spiro atoms. The largest absolute Gasteiger partial charge is 0.481 e. The van der Waals surface area contributed by atoms with Crippen LogP contribution in [0.1, 0.15) is 30.4 Å². The SMILES string of the molecule is COc1ncc(C2(CCN)CC2)cc1C. The van der Waals surface area contributed by atoms with Gasteiger partial charge in [0.05, 0.1) is 7.11 Å². The van der Waals surface area contributed by atoms with Gasteiger partial charge in [-0.2, -0.15) is 0 Å². The molecule has 2 N–H and O–H groups in total. The standard InChI is InChI=1S/C12H18N2O/c1-9-7-10(8-14-11(9)15-2)12(3-4-12)5-6-13/h7-8H,3-6,13H2,1-2H3. The lowest BCUT2D eigenvalue weighted by atomic mass is 9.93. The maximum Gasteiger partial charge on any atom is 0.215 e. The molecule has 0 amide bonds. The van der Waals surface area contributed by atoms with Gasteiger partial charge in [-0.15, -0.1) is 0 Å². The van der Waals surface area contributed by atoms with E-state index in [9.17, 15) is 0 Å². The summed E-state index contributed by atoms with van der Waals surface area (Å²) >= 11 is 0. The zero-order valence-corrected chi connectivity index (χ0v) is 9.42. The lowest BCUT2D eigenvalue weighted by molar-refractivity contribution is 0.393. The summed E-state index contributed by atoms with van der Waals surface area (Å²) in [7, 11) is 1.65. The molecule has 1 fully saturated rings. The second kappa shape index (κ2) is 3.81. The number of aryl methyl sites for hydroxylation is 1. The summed E-state index contributed by atoms with van der Waals surface area (Å²) in [6.45, 7) is 2.79. The maximum atomic E-state index is 5.64. The molecule has 1 aliphatic rings. The highest BCUT2D eigenvalue weighted by molar-refractivity contribution is 5.36. The Bertz CT molecular complexity index is 359. The Morgan fingerprint density at radius 1 is 1.53 bits per heavy atom. The van der Waals surface area contributed by atoms with E-state index in [1.165, 1.54) is 18.4 Å². The molecular formula is C12H18N2O. The summed E-state index contributed by atoms with van der Waals surface area (Å²) < 4.78 is 5.16. The van der Waals surface area contributed by atoms with Gasteiger partial charge in [-0.25, -0.2) is 4.98 Å². The second-order valence-electron chi connectivity index (χ2n) is 4.37. The number of aromatic nitrogens is 1. The summed E-state index contributed by atoms with van der Waals surface area (Å²) in [6, 6.07) is 2.19. The van der Waals surface area contributed by atoms with Crippen molar-refractivity contribution in [3.63, 3.8) is 0 Å². The van der Waals surface area contributed by atoms with E-state index in [1.807, 2.05) is 13.1 Å². The summed E-state index contributed by atoms with van der Waals surface area (Å²) in [4.78, 5) is 4.32. The predicted octanol–water partition coefficient (Wildman–Crippen LogP) is 1.78. The summed E-state index contributed by atoms with van der Waals surface area (Å²) in [6.07, 6.45) is 5.50. The molecule has 0 bridgehead atoms. The second-order valence-corrected chi connectivity index (χ2v) is 4.37. The molecule has 0 unspecified atom stereocenters. The first-order valence-corrected chi connectivity index (χ1v) is 5.43. The van der Waals surface area contributed by atoms with Crippen molar-refractivity contribution >= 4 is 0 Å². The zero-order chi connectivity index (χ0) is 10.9. The fraction of sp³-hybridized carbons (Fsp3) is 0.583. The molecule has 3 heteroatoms. The van der Waals surface area contributed by atoms with Crippen molar-refractivity contribution in [3.05, 3.63) is 23.4 Å². The van der Waals surface area contributed by atoms with E-state index in [4.69, 9.17) is 10.5 Å². The van der Waals surface area contributed by atoms with Crippen LogP contribution in [0, 0.1) is 6.92 Å². The molecule has 3 nitrogen and oxygen atoms in total. The maximum absolute atomic E-state index is 5.64. The summed E-state index contributed by atoms with van der Waals surface area (Å²) in [5, 5.41) is 0. The van der Waals surface area contributed by atoms with Crippen molar-refractivity contribution in [2.45, 2.75) is 31.6 Å². The Labute approximate surface area is 90.7 Å². The van der Waals surface area contributed by atoms with Crippen LogP contribution in [-0.4, -0.2) is 18.6 Å². The molecule has 1 aromatic rings. The minimum absolute atomic E-state index is 0.332. The van der Waals surface area contributed by atoms with Crippen LogP contribution < -0.4 is 10.5 Å². The molecule has 1 heterocycles. The van der Waals surface area contributed by atoms with Crippen LogP contribution in [0.3, 0.4) is 0 Å². The number of hydrogen-bond acceptors (Lipinski definition) is 3. The molecule has 1 aliphatic carbocycles. The lowest BCUT2D eigenvalue weighted by Crippen LogP contribution is -2.14. The highest BCUT2D eigenvalue weighted by atomic mass is 16.5. The van der Waals surface area contributed by atoms with Crippen molar-refractivity contribution < 1.29 is 4.74 Å². The van der Waals surface area contributed by atoms with Crippen molar-refractivity contribution in [2.75, 3.05) is 13.7 Å². The molecule has 82 valence electrons. The van der Waals surface area contributed by atoms with Crippen molar-refractivity contribution in [3.8, 4) is 5.88 Å². The van der Waals surface area contributed by atoms with Gasteiger partial charge in [0, 0.05) is 11.8 Å². The van der Waals surface area contributed by atoms with Crippen molar-refractivity contribution in [1.29, 1.82) is 0 Å². The molecule has 0 aromatic carbocycles. The molecule has 0 atom stereocenters. The van der Waals surface area contributed by atoms with E-state index < -0.39 is 0 Å². The topological polar surface area (TPSA) is 48.1 Å². The van der Waals surface area contributed by atoms with E-state index in [1.54, 1.807) is 7.11 Å². The molecule has 0 aliphatic heterocycles. The van der Waals surface area contributed by atoms with Gasteiger partial charge >= 0.3 is 0 Å². The van der Waals surface area contributed by atoms with Crippen LogP contribution in [-0.2, 0) is 5.41 Å². The molecule has 0 radical (unpaired) electrons. The first kappa shape index (κ1) is 10.4. The number of nitrogens with two attached hydrogens (primary N) is 1. The number of pyridine rings is 1. The number of rotatable bonds is 4. The van der Waals surface area contributed by atoms with Crippen LogP contribution in [0.25, 0.3) is 0 Å². The van der Waals surface area contributed by atoms with Crippen LogP contribution >= 0.6 is 0 Å². The average Bonchev–Trinajstić information content (AvgIpc) is 2.99. The third-order valence-corrected chi connectivity index (χ3v) is 3.31. The number of nitrogens with zero attached hydrogens (tertiary/aromatic N) is 1.